The molecule has 0 aromatic heterocycles. The number of hydrogen-bond donors (Lipinski definition) is 1. The molecule has 0 saturated carbocycles. The Labute approximate surface area is 181 Å². The quantitative estimate of drug-likeness (QED) is 0.687. The van der Waals surface area contributed by atoms with Gasteiger partial charge in [-0.25, -0.2) is 17.2 Å². The summed E-state index contributed by atoms with van der Waals surface area (Å²) in [4.78, 5) is 27.4. The van der Waals surface area contributed by atoms with Gasteiger partial charge in [0.2, 0.25) is 15.9 Å². The number of carbonyl (C=O) groups is 2. The molecule has 2 fully saturated rings. The SMILES string of the molecule is CC(=O)N1CCN(S(=O)(=O)c2cccc(C(=O)NC3CCN(CC(F)F)CC3)c2)CC1. The maximum absolute atomic E-state index is 13.0. The molecule has 2 amide bonds. The number of piperazine rings is 1. The lowest BCUT2D eigenvalue weighted by molar-refractivity contribution is -0.129. The Morgan fingerprint density at radius 3 is 2.32 bits per heavy atom. The van der Waals surface area contributed by atoms with Crippen molar-refractivity contribution in [3.05, 3.63) is 29.8 Å². The van der Waals surface area contributed by atoms with Crippen LogP contribution >= 0.6 is 0 Å². The molecule has 2 heterocycles. The highest BCUT2D eigenvalue weighted by atomic mass is 32.2. The van der Waals surface area contributed by atoms with Crippen LogP contribution in [0.15, 0.2) is 29.2 Å². The Hall–Kier alpha value is -2.11. The third kappa shape index (κ3) is 5.98. The minimum absolute atomic E-state index is 0.0307. The van der Waals surface area contributed by atoms with Crippen molar-refractivity contribution in [1.29, 1.82) is 0 Å². The smallest absolute Gasteiger partial charge is 0.251 e. The minimum atomic E-state index is -3.78. The van der Waals surface area contributed by atoms with E-state index < -0.39 is 16.4 Å². The van der Waals surface area contributed by atoms with Crippen LogP contribution in [0.25, 0.3) is 0 Å². The first kappa shape index (κ1) is 23.6. The Balaban J connectivity index is 1.61. The minimum Gasteiger partial charge on any atom is -0.349 e. The third-order valence-corrected chi connectivity index (χ3v) is 7.63. The first-order valence-electron chi connectivity index (χ1n) is 10.3. The molecule has 0 bridgehead atoms. The number of amides is 2. The summed E-state index contributed by atoms with van der Waals surface area (Å²) in [6.45, 7) is 3.23. The van der Waals surface area contributed by atoms with E-state index in [1.807, 2.05) is 0 Å². The van der Waals surface area contributed by atoms with Gasteiger partial charge in [0, 0.05) is 57.8 Å². The second-order valence-corrected chi connectivity index (χ2v) is 9.82. The summed E-state index contributed by atoms with van der Waals surface area (Å²) in [6, 6.07) is 5.74. The fourth-order valence-electron chi connectivity index (χ4n) is 3.91. The number of alkyl halides is 2. The average molecular weight is 459 g/mol. The first-order chi connectivity index (χ1) is 14.7. The summed E-state index contributed by atoms with van der Waals surface area (Å²) in [6.07, 6.45) is -1.24. The number of likely N-dealkylation sites (tertiary alicyclic amines) is 1. The van der Waals surface area contributed by atoms with Gasteiger partial charge in [0.25, 0.3) is 12.3 Å². The van der Waals surface area contributed by atoms with Crippen molar-refractivity contribution < 1.29 is 26.8 Å². The molecule has 31 heavy (non-hydrogen) atoms. The molecule has 2 aliphatic rings. The van der Waals surface area contributed by atoms with Crippen molar-refractivity contribution in [3.63, 3.8) is 0 Å². The standard InChI is InChI=1S/C20H28F2N4O4S/c1-15(27)25-9-11-26(12-10-25)31(29,30)18-4-2-3-16(13-18)20(28)23-17-5-7-24(8-6-17)14-19(21)22/h2-4,13,17,19H,5-12,14H2,1H3,(H,23,28). The molecular weight excluding hydrogens is 430 g/mol. The molecule has 0 aliphatic carbocycles. The van der Waals surface area contributed by atoms with E-state index in [0.29, 0.717) is 39.0 Å². The van der Waals surface area contributed by atoms with Crippen molar-refractivity contribution in [3.8, 4) is 0 Å². The molecule has 0 radical (unpaired) electrons. The van der Waals surface area contributed by atoms with E-state index in [4.69, 9.17) is 0 Å². The summed E-state index contributed by atoms with van der Waals surface area (Å²) in [7, 11) is -3.78. The summed E-state index contributed by atoms with van der Waals surface area (Å²) < 4.78 is 52.3. The van der Waals surface area contributed by atoms with Crippen molar-refractivity contribution in [2.75, 3.05) is 45.8 Å². The normalized spacial score (nSPS) is 19.5. The number of nitrogens with one attached hydrogen (secondary N) is 1. The van der Waals surface area contributed by atoms with E-state index in [2.05, 4.69) is 5.32 Å². The van der Waals surface area contributed by atoms with Gasteiger partial charge in [-0.3, -0.25) is 14.5 Å². The van der Waals surface area contributed by atoms with Gasteiger partial charge in [0.1, 0.15) is 0 Å². The maximum Gasteiger partial charge on any atom is 0.251 e. The van der Waals surface area contributed by atoms with E-state index in [1.165, 1.54) is 29.4 Å². The fraction of sp³-hybridized carbons (Fsp3) is 0.600. The van der Waals surface area contributed by atoms with E-state index >= 15 is 0 Å². The number of carbonyl (C=O) groups excluding carboxylic acids is 2. The van der Waals surface area contributed by atoms with Gasteiger partial charge in [-0.05, 0) is 31.0 Å². The third-order valence-electron chi connectivity index (χ3n) is 5.74. The van der Waals surface area contributed by atoms with Crippen molar-refractivity contribution in [2.45, 2.75) is 37.1 Å². The lowest BCUT2D eigenvalue weighted by atomic mass is 10.0. The molecule has 1 aromatic carbocycles. The van der Waals surface area contributed by atoms with Gasteiger partial charge in [0.05, 0.1) is 11.4 Å². The number of sulfonamides is 1. The lowest BCUT2D eigenvalue weighted by Crippen LogP contribution is -2.49. The molecule has 0 spiro atoms. The van der Waals surface area contributed by atoms with Crippen LogP contribution in [0.2, 0.25) is 0 Å². The van der Waals surface area contributed by atoms with Crippen LogP contribution < -0.4 is 5.32 Å². The van der Waals surface area contributed by atoms with Gasteiger partial charge in [-0.1, -0.05) is 6.07 Å². The number of nitrogens with zero attached hydrogens (tertiary/aromatic N) is 3. The summed E-state index contributed by atoms with van der Waals surface area (Å²) >= 11 is 0. The average Bonchev–Trinajstić information content (AvgIpc) is 2.75. The van der Waals surface area contributed by atoms with Crippen LogP contribution in [0, 0.1) is 0 Å². The van der Waals surface area contributed by atoms with Crippen LogP contribution in [0.4, 0.5) is 8.78 Å². The summed E-state index contributed by atoms with van der Waals surface area (Å²) in [5, 5.41) is 2.88. The highest BCUT2D eigenvalue weighted by Gasteiger charge is 2.30. The summed E-state index contributed by atoms with van der Waals surface area (Å²) in [5.74, 6) is -0.471. The predicted molar refractivity (Wildman–Crippen MR) is 110 cm³/mol. The van der Waals surface area contributed by atoms with Crippen LogP contribution in [0.5, 0.6) is 0 Å². The highest BCUT2D eigenvalue weighted by molar-refractivity contribution is 7.89. The zero-order valence-electron chi connectivity index (χ0n) is 17.5. The van der Waals surface area contributed by atoms with Crippen LogP contribution in [-0.2, 0) is 14.8 Å². The number of benzene rings is 1. The molecule has 1 N–H and O–H groups in total. The Kier molecular flexibility index (Phi) is 7.60. The second kappa shape index (κ2) is 10.0. The monoisotopic (exact) mass is 458 g/mol. The molecule has 2 saturated heterocycles. The molecule has 0 unspecified atom stereocenters. The molecular formula is C20H28F2N4O4S. The molecule has 8 nitrogen and oxygen atoms in total. The highest BCUT2D eigenvalue weighted by Crippen LogP contribution is 2.20. The fourth-order valence-corrected chi connectivity index (χ4v) is 5.38. The Bertz CT molecular complexity index is 896. The number of halogens is 2. The predicted octanol–water partition coefficient (Wildman–Crippen LogP) is 0.999. The van der Waals surface area contributed by atoms with Crippen molar-refractivity contribution >= 4 is 21.8 Å². The molecule has 172 valence electrons. The van der Waals surface area contributed by atoms with Crippen LogP contribution in [0.1, 0.15) is 30.1 Å². The largest absolute Gasteiger partial charge is 0.349 e. The van der Waals surface area contributed by atoms with Gasteiger partial charge in [0.15, 0.2) is 0 Å². The van der Waals surface area contributed by atoms with Gasteiger partial charge >= 0.3 is 0 Å². The van der Waals surface area contributed by atoms with Gasteiger partial charge in [-0.2, -0.15) is 4.31 Å². The second-order valence-electron chi connectivity index (χ2n) is 7.88. The van der Waals surface area contributed by atoms with Crippen molar-refractivity contribution in [1.82, 2.24) is 19.4 Å². The topological polar surface area (TPSA) is 90.0 Å². The van der Waals surface area contributed by atoms with E-state index in [0.717, 1.165) is 0 Å². The number of hydrogen-bond acceptors (Lipinski definition) is 5. The molecule has 0 atom stereocenters. The number of rotatable bonds is 6. The van der Waals surface area contributed by atoms with Crippen molar-refractivity contribution in [2.24, 2.45) is 0 Å². The zero-order chi connectivity index (χ0) is 22.6. The van der Waals surface area contributed by atoms with E-state index in [1.54, 1.807) is 15.9 Å². The van der Waals surface area contributed by atoms with Crippen LogP contribution in [0.3, 0.4) is 0 Å². The maximum atomic E-state index is 13.0. The van der Waals surface area contributed by atoms with Gasteiger partial charge < -0.3 is 10.2 Å². The molecule has 2 aliphatic heterocycles. The van der Waals surface area contributed by atoms with E-state index in [9.17, 15) is 26.8 Å². The molecule has 11 heteroatoms. The zero-order valence-corrected chi connectivity index (χ0v) is 18.3. The van der Waals surface area contributed by atoms with E-state index in [-0.39, 0.29) is 47.9 Å². The summed E-state index contributed by atoms with van der Waals surface area (Å²) in [5.41, 5.74) is 0.235. The Morgan fingerprint density at radius 2 is 1.74 bits per heavy atom. The molecule has 3 rings (SSSR count). The van der Waals surface area contributed by atoms with Crippen LogP contribution in [-0.4, -0.2) is 92.6 Å². The molecule has 1 aromatic rings. The number of piperidine rings is 1. The first-order valence-corrected chi connectivity index (χ1v) is 11.8. The van der Waals surface area contributed by atoms with Gasteiger partial charge in [-0.15, -0.1) is 0 Å². The lowest BCUT2D eigenvalue weighted by Gasteiger charge is -2.33. The Morgan fingerprint density at radius 1 is 1.10 bits per heavy atom.